The van der Waals surface area contributed by atoms with Gasteiger partial charge in [-0.05, 0) is 48.9 Å². The van der Waals surface area contributed by atoms with Gasteiger partial charge >= 0.3 is 0 Å². The summed E-state index contributed by atoms with van der Waals surface area (Å²) in [5, 5.41) is 3.06. The minimum atomic E-state index is -0.0892. The van der Waals surface area contributed by atoms with Gasteiger partial charge in [0.2, 0.25) is 0 Å². The monoisotopic (exact) mass is 369 g/mol. The SMILES string of the molecule is COc1ccc([C@H](CNC(=O)COc2cccc(C)c2)[NH+]2CCCC2)cc1. The second-order valence-corrected chi connectivity index (χ2v) is 7.10. The van der Waals surface area contributed by atoms with Gasteiger partial charge in [0, 0.05) is 18.4 Å². The normalized spacial score (nSPS) is 15.3. The quantitative estimate of drug-likeness (QED) is 0.748. The minimum Gasteiger partial charge on any atom is -0.497 e. The molecule has 27 heavy (non-hydrogen) atoms. The fraction of sp³-hybridized carbons (Fsp3) is 0.409. The number of hydrogen-bond donors (Lipinski definition) is 2. The predicted octanol–water partition coefficient (Wildman–Crippen LogP) is 1.92. The van der Waals surface area contributed by atoms with Crippen molar-refractivity contribution in [1.29, 1.82) is 0 Å². The van der Waals surface area contributed by atoms with E-state index in [1.807, 2.05) is 43.3 Å². The van der Waals surface area contributed by atoms with Crippen LogP contribution in [0.4, 0.5) is 0 Å². The van der Waals surface area contributed by atoms with Gasteiger partial charge in [-0.25, -0.2) is 0 Å². The summed E-state index contributed by atoms with van der Waals surface area (Å²) in [6.45, 7) is 4.94. The molecule has 5 heteroatoms. The van der Waals surface area contributed by atoms with Crippen LogP contribution in [-0.4, -0.2) is 39.3 Å². The summed E-state index contributed by atoms with van der Waals surface area (Å²) in [5.41, 5.74) is 2.35. The first-order valence-corrected chi connectivity index (χ1v) is 9.60. The third-order valence-electron chi connectivity index (χ3n) is 5.12. The van der Waals surface area contributed by atoms with E-state index in [-0.39, 0.29) is 18.6 Å². The summed E-state index contributed by atoms with van der Waals surface area (Å²) in [6, 6.07) is 16.2. The number of nitrogens with one attached hydrogen (secondary N) is 2. The highest BCUT2D eigenvalue weighted by atomic mass is 16.5. The van der Waals surface area contributed by atoms with Crippen molar-refractivity contribution in [2.24, 2.45) is 0 Å². The number of methoxy groups -OCH3 is 1. The first-order chi connectivity index (χ1) is 13.2. The standard InChI is InChI=1S/C22H28N2O3/c1-17-6-5-7-20(14-17)27-16-22(25)23-15-21(24-12-3-4-13-24)18-8-10-19(26-2)11-9-18/h5-11,14,21H,3-4,12-13,15-16H2,1-2H3,(H,23,25)/p+1/t21-/m0/s1. The van der Waals surface area contributed by atoms with E-state index in [0.717, 1.165) is 30.2 Å². The van der Waals surface area contributed by atoms with Crippen LogP contribution in [0.2, 0.25) is 0 Å². The summed E-state index contributed by atoms with van der Waals surface area (Å²) in [6.07, 6.45) is 2.48. The van der Waals surface area contributed by atoms with Gasteiger partial charge in [0.25, 0.3) is 5.91 Å². The first-order valence-electron chi connectivity index (χ1n) is 9.60. The van der Waals surface area contributed by atoms with E-state index < -0.39 is 0 Å². The Morgan fingerprint density at radius 1 is 1.11 bits per heavy atom. The van der Waals surface area contributed by atoms with Gasteiger partial charge in [0.05, 0.1) is 26.7 Å². The van der Waals surface area contributed by atoms with Crippen LogP contribution in [0.5, 0.6) is 11.5 Å². The zero-order valence-corrected chi connectivity index (χ0v) is 16.2. The lowest BCUT2D eigenvalue weighted by molar-refractivity contribution is -0.918. The average Bonchev–Trinajstić information content (AvgIpc) is 3.21. The number of ether oxygens (including phenoxy) is 2. The highest BCUT2D eigenvalue weighted by Gasteiger charge is 2.27. The number of quaternary nitrogens is 1. The summed E-state index contributed by atoms with van der Waals surface area (Å²) in [4.78, 5) is 13.8. The van der Waals surface area contributed by atoms with Crippen LogP contribution < -0.4 is 19.7 Å². The van der Waals surface area contributed by atoms with Crippen LogP contribution in [-0.2, 0) is 4.79 Å². The number of likely N-dealkylation sites (tertiary alicyclic amines) is 1. The summed E-state index contributed by atoms with van der Waals surface area (Å²) in [7, 11) is 1.67. The third kappa shape index (κ3) is 5.47. The Morgan fingerprint density at radius 2 is 1.85 bits per heavy atom. The average molecular weight is 369 g/mol. The summed E-state index contributed by atoms with van der Waals surface area (Å²) >= 11 is 0. The maximum absolute atomic E-state index is 12.3. The van der Waals surface area contributed by atoms with E-state index in [1.165, 1.54) is 23.3 Å². The Bertz CT molecular complexity index is 739. The molecule has 0 aliphatic carbocycles. The third-order valence-corrected chi connectivity index (χ3v) is 5.12. The number of aryl methyl sites for hydroxylation is 1. The Kier molecular flexibility index (Phi) is 6.71. The predicted molar refractivity (Wildman–Crippen MR) is 105 cm³/mol. The van der Waals surface area contributed by atoms with E-state index in [4.69, 9.17) is 9.47 Å². The second-order valence-electron chi connectivity index (χ2n) is 7.10. The Morgan fingerprint density at radius 3 is 2.52 bits per heavy atom. The molecule has 144 valence electrons. The molecule has 0 bridgehead atoms. The van der Waals surface area contributed by atoms with Crippen molar-refractivity contribution in [3.05, 3.63) is 59.7 Å². The van der Waals surface area contributed by atoms with Crippen molar-refractivity contribution in [2.75, 3.05) is 33.4 Å². The molecule has 0 radical (unpaired) electrons. The van der Waals surface area contributed by atoms with Crippen molar-refractivity contribution >= 4 is 5.91 Å². The summed E-state index contributed by atoms with van der Waals surface area (Å²) in [5.74, 6) is 1.49. The van der Waals surface area contributed by atoms with Gasteiger partial charge in [-0.15, -0.1) is 0 Å². The van der Waals surface area contributed by atoms with E-state index in [1.54, 1.807) is 7.11 Å². The van der Waals surface area contributed by atoms with Crippen LogP contribution in [0.1, 0.15) is 30.0 Å². The Hall–Kier alpha value is -2.53. The molecule has 2 aromatic carbocycles. The number of rotatable bonds is 8. The lowest BCUT2D eigenvalue weighted by Gasteiger charge is -2.25. The number of amides is 1. The molecule has 1 aliphatic rings. The highest BCUT2D eigenvalue weighted by molar-refractivity contribution is 5.77. The molecule has 1 aliphatic heterocycles. The van der Waals surface area contributed by atoms with Crippen molar-refractivity contribution < 1.29 is 19.2 Å². The maximum atomic E-state index is 12.3. The number of benzene rings is 2. The lowest BCUT2D eigenvalue weighted by Crippen LogP contribution is -3.11. The zero-order chi connectivity index (χ0) is 19.1. The molecule has 1 heterocycles. The fourth-order valence-electron chi connectivity index (χ4n) is 3.63. The smallest absolute Gasteiger partial charge is 0.258 e. The van der Waals surface area contributed by atoms with Crippen molar-refractivity contribution in [3.8, 4) is 11.5 Å². The van der Waals surface area contributed by atoms with Crippen LogP contribution in [0.3, 0.4) is 0 Å². The van der Waals surface area contributed by atoms with Crippen LogP contribution >= 0.6 is 0 Å². The van der Waals surface area contributed by atoms with Crippen molar-refractivity contribution in [2.45, 2.75) is 25.8 Å². The van der Waals surface area contributed by atoms with E-state index in [9.17, 15) is 4.79 Å². The number of carbonyl (C=O) groups is 1. The highest BCUT2D eigenvalue weighted by Crippen LogP contribution is 2.17. The lowest BCUT2D eigenvalue weighted by atomic mass is 10.1. The van der Waals surface area contributed by atoms with Crippen LogP contribution in [0.25, 0.3) is 0 Å². The van der Waals surface area contributed by atoms with E-state index >= 15 is 0 Å². The molecular formula is C22H29N2O3+. The molecule has 0 aromatic heterocycles. The molecule has 5 nitrogen and oxygen atoms in total. The topological polar surface area (TPSA) is 52.0 Å². The van der Waals surface area contributed by atoms with E-state index in [2.05, 4.69) is 17.4 Å². The van der Waals surface area contributed by atoms with Crippen molar-refractivity contribution in [3.63, 3.8) is 0 Å². The molecule has 1 fully saturated rings. The second kappa shape index (κ2) is 9.42. The Labute approximate surface area is 161 Å². The summed E-state index contributed by atoms with van der Waals surface area (Å²) < 4.78 is 10.9. The molecule has 2 aromatic rings. The maximum Gasteiger partial charge on any atom is 0.258 e. The van der Waals surface area contributed by atoms with Crippen LogP contribution in [0.15, 0.2) is 48.5 Å². The zero-order valence-electron chi connectivity index (χ0n) is 16.2. The molecule has 1 saturated heterocycles. The first kappa shape index (κ1) is 19.2. The van der Waals surface area contributed by atoms with Crippen molar-refractivity contribution in [1.82, 2.24) is 5.32 Å². The fourth-order valence-corrected chi connectivity index (χ4v) is 3.63. The molecule has 1 atom stereocenters. The van der Waals surface area contributed by atoms with Gasteiger partial charge < -0.3 is 19.7 Å². The molecule has 1 amide bonds. The number of carbonyl (C=O) groups excluding carboxylic acids is 1. The molecule has 2 N–H and O–H groups in total. The largest absolute Gasteiger partial charge is 0.497 e. The minimum absolute atomic E-state index is 0.0358. The van der Waals surface area contributed by atoms with E-state index in [0.29, 0.717) is 6.54 Å². The van der Waals surface area contributed by atoms with Crippen LogP contribution in [0, 0.1) is 6.92 Å². The van der Waals surface area contributed by atoms with Gasteiger partial charge in [-0.3, -0.25) is 4.79 Å². The molecule has 0 unspecified atom stereocenters. The molecular weight excluding hydrogens is 340 g/mol. The van der Waals surface area contributed by atoms with Gasteiger partial charge in [0.15, 0.2) is 6.61 Å². The number of hydrogen-bond acceptors (Lipinski definition) is 3. The van der Waals surface area contributed by atoms with Gasteiger partial charge in [-0.2, -0.15) is 0 Å². The molecule has 0 saturated carbocycles. The Balaban J connectivity index is 1.57. The van der Waals surface area contributed by atoms with Gasteiger partial charge in [0.1, 0.15) is 17.5 Å². The molecule has 0 spiro atoms. The molecule has 3 rings (SSSR count). The van der Waals surface area contributed by atoms with Gasteiger partial charge in [-0.1, -0.05) is 12.1 Å².